The fourth-order valence-corrected chi connectivity index (χ4v) is 1.82. The van der Waals surface area contributed by atoms with Crippen molar-refractivity contribution in [1.82, 2.24) is 14.8 Å². The second-order valence-electron chi connectivity index (χ2n) is 2.85. The zero-order valence-electron chi connectivity index (χ0n) is 7.90. The third-order valence-corrected chi connectivity index (χ3v) is 2.73. The molecule has 0 atom stereocenters. The number of rotatable bonds is 2. The van der Waals surface area contributed by atoms with Crippen molar-refractivity contribution < 1.29 is 4.74 Å². The minimum Gasteiger partial charge on any atom is -0.495 e. The number of nitrogens with zero attached hydrogens (tertiary/aromatic N) is 2. The van der Waals surface area contributed by atoms with E-state index in [1.165, 1.54) is 0 Å². The summed E-state index contributed by atoms with van der Waals surface area (Å²) in [5.41, 5.74) is 0.852. The molecule has 1 heterocycles. The van der Waals surface area contributed by atoms with Gasteiger partial charge in [-0.15, -0.1) is 0 Å². The van der Waals surface area contributed by atoms with Gasteiger partial charge in [0.2, 0.25) is 0 Å². The van der Waals surface area contributed by atoms with Crippen molar-refractivity contribution in [2.24, 2.45) is 0 Å². The highest BCUT2D eigenvalue weighted by Crippen LogP contribution is 2.26. The van der Waals surface area contributed by atoms with Gasteiger partial charge in [0.15, 0.2) is 4.77 Å². The van der Waals surface area contributed by atoms with E-state index in [0.29, 0.717) is 4.77 Å². The van der Waals surface area contributed by atoms with Gasteiger partial charge in [0.25, 0.3) is 0 Å². The third kappa shape index (κ3) is 1.95. The first-order valence-electron chi connectivity index (χ1n) is 4.18. The average molecular weight is 286 g/mol. The summed E-state index contributed by atoms with van der Waals surface area (Å²) in [6, 6.07) is 5.70. The quantitative estimate of drug-likeness (QED) is 0.863. The topological polar surface area (TPSA) is 42.8 Å². The number of aromatic amines is 1. The maximum absolute atomic E-state index is 5.25. The van der Waals surface area contributed by atoms with Gasteiger partial charge >= 0.3 is 0 Å². The Balaban J connectivity index is 2.66. The molecule has 0 fully saturated rings. The number of H-pyrrole nitrogens is 1. The van der Waals surface area contributed by atoms with Gasteiger partial charge in [-0.25, -0.2) is 0 Å². The van der Waals surface area contributed by atoms with Gasteiger partial charge < -0.3 is 4.74 Å². The van der Waals surface area contributed by atoms with Crippen LogP contribution >= 0.6 is 28.1 Å². The summed E-state index contributed by atoms with van der Waals surface area (Å²) in [5.74, 6) is 0.746. The third-order valence-electron chi connectivity index (χ3n) is 1.95. The van der Waals surface area contributed by atoms with Crippen molar-refractivity contribution in [3.8, 4) is 11.4 Å². The van der Waals surface area contributed by atoms with Crippen LogP contribution in [0.25, 0.3) is 5.69 Å². The highest BCUT2D eigenvalue weighted by atomic mass is 79.9. The van der Waals surface area contributed by atoms with Gasteiger partial charge in [-0.3, -0.25) is 9.67 Å². The molecular formula is C9H8BrN3OS. The van der Waals surface area contributed by atoms with E-state index in [1.807, 2.05) is 18.2 Å². The smallest absolute Gasteiger partial charge is 0.199 e. The maximum Gasteiger partial charge on any atom is 0.199 e. The second kappa shape index (κ2) is 4.16. The highest BCUT2D eigenvalue weighted by Gasteiger charge is 2.06. The summed E-state index contributed by atoms with van der Waals surface area (Å²) < 4.78 is 8.49. The normalized spacial score (nSPS) is 10.3. The predicted octanol–water partition coefficient (Wildman–Crippen LogP) is 2.70. The molecule has 0 unspecified atom stereocenters. The van der Waals surface area contributed by atoms with Crippen LogP contribution in [0.4, 0.5) is 0 Å². The fraction of sp³-hybridized carbons (Fsp3) is 0.111. The van der Waals surface area contributed by atoms with Crippen LogP contribution in [-0.2, 0) is 0 Å². The molecule has 15 heavy (non-hydrogen) atoms. The van der Waals surface area contributed by atoms with E-state index >= 15 is 0 Å². The average Bonchev–Trinajstić information content (AvgIpc) is 2.64. The van der Waals surface area contributed by atoms with Crippen molar-refractivity contribution >= 4 is 28.1 Å². The lowest BCUT2D eigenvalue weighted by Gasteiger charge is -2.08. The molecule has 0 saturated heterocycles. The second-order valence-corrected chi connectivity index (χ2v) is 4.15. The number of ether oxygens (including phenoxy) is 1. The molecule has 0 aliphatic carbocycles. The van der Waals surface area contributed by atoms with Gasteiger partial charge in [-0.2, -0.15) is 5.10 Å². The molecule has 0 radical (unpaired) electrons. The van der Waals surface area contributed by atoms with E-state index in [0.717, 1.165) is 15.9 Å². The fourth-order valence-electron chi connectivity index (χ4n) is 1.27. The lowest BCUT2D eigenvalue weighted by molar-refractivity contribution is 0.412. The van der Waals surface area contributed by atoms with Crippen LogP contribution in [0.1, 0.15) is 0 Å². The number of halogens is 1. The van der Waals surface area contributed by atoms with Gasteiger partial charge in [0, 0.05) is 4.47 Å². The van der Waals surface area contributed by atoms with Gasteiger partial charge in [-0.1, -0.05) is 15.9 Å². The van der Waals surface area contributed by atoms with E-state index in [-0.39, 0.29) is 0 Å². The summed E-state index contributed by atoms with van der Waals surface area (Å²) in [6.07, 6.45) is 1.62. The number of hydrogen-bond donors (Lipinski definition) is 1. The molecular weight excluding hydrogens is 278 g/mol. The number of hydrogen-bond acceptors (Lipinski definition) is 3. The Bertz CT molecular complexity index is 534. The number of aromatic nitrogens is 3. The number of benzene rings is 1. The van der Waals surface area contributed by atoms with E-state index in [2.05, 4.69) is 26.1 Å². The van der Waals surface area contributed by atoms with E-state index < -0.39 is 0 Å². The molecule has 1 N–H and O–H groups in total. The SMILES string of the molecule is COc1ccc(Br)cc1-n1cn[nH]c1=S. The van der Waals surface area contributed by atoms with Gasteiger partial charge in [0.05, 0.1) is 12.8 Å². The Morgan fingerprint density at radius 3 is 2.93 bits per heavy atom. The van der Waals surface area contributed by atoms with Crippen molar-refractivity contribution in [2.45, 2.75) is 0 Å². The van der Waals surface area contributed by atoms with E-state index in [1.54, 1.807) is 18.0 Å². The Hall–Kier alpha value is -1.14. The molecule has 4 nitrogen and oxygen atoms in total. The van der Waals surface area contributed by atoms with Crippen molar-refractivity contribution in [3.05, 3.63) is 33.8 Å². The monoisotopic (exact) mass is 285 g/mol. The number of methoxy groups -OCH3 is 1. The largest absolute Gasteiger partial charge is 0.495 e. The van der Waals surface area contributed by atoms with Crippen molar-refractivity contribution in [3.63, 3.8) is 0 Å². The first-order chi connectivity index (χ1) is 7.22. The molecule has 0 aliphatic rings. The molecule has 78 valence electrons. The lowest BCUT2D eigenvalue weighted by atomic mass is 10.3. The highest BCUT2D eigenvalue weighted by molar-refractivity contribution is 9.10. The summed E-state index contributed by atoms with van der Waals surface area (Å²) in [5, 5.41) is 6.56. The molecule has 2 rings (SSSR count). The minimum atomic E-state index is 0.534. The molecule has 1 aromatic heterocycles. The lowest BCUT2D eigenvalue weighted by Crippen LogP contribution is -1.96. The molecule has 0 bridgehead atoms. The molecule has 0 spiro atoms. The van der Waals surface area contributed by atoms with Crippen LogP contribution in [0.2, 0.25) is 0 Å². The van der Waals surface area contributed by atoms with Crippen LogP contribution in [0.3, 0.4) is 0 Å². The number of nitrogens with one attached hydrogen (secondary N) is 1. The molecule has 0 saturated carbocycles. The predicted molar refractivity (Wildman–Crippen MR) is 63.0 cm³/mol. The van der Waals surface area contributed by atoms with E-state index in [4.69, 9.17) is 17.0 Å². The van der Waals surface area contributed by atoms with Gasteiger partial charge in [0.1, 0.15) is 12.1 Å². The van der Waals surface area contributed by atoms with Crippen LogP contribution in [0, 0.1) is 4.77 Å². The van der Waals surface area contributed by atoms with Crippen molar-refractivity contribution in [1.29, 1.82) is 0 Å². The summed E-state index contributed by atoms with van der Waals surface area (Å²) in [7, 11) is 1.62. The zero-order valence-corrected chi connectivity index (χ0v) is 10.3. The Morgan fingerprint density at radius 1 is 1.53 bits per heavy atom. The summed E-state index contributed by atoms with van der Waals surface area (Å²) in [6.45, 7) is 0. The van der Waals surface area contributed by atoms with Crippen LogP contribution in [0.15, 0.2) is 29.0 Å². The molecule has 2 aromatic rings. The van der Waals surface area contributed by atoms with Crippen molar-refractivity contribution in [2.75, 3.05) is 7.11 Å². The van der Waals surface area contributed by atoms with Crippen LogP contribution in [-0.4, -0.2) is 21.9 Å². The minimum absolute atomic E-state index is 0.534. The standard InChI is InChI=1S/C9H8BrN3OS/c1-14-8-3-2-6(10)4-7(8)13-5-11-12-9(13)15/h2-5H,1H3,(H,12,15). The molecule has 0 aliphatic heterocycles. The molecule has 6 heteroatoms. The van der Waals surface area contributed by atoms with E-state index in [9.17, 15) is 0 Å². The Labute approximate surface area is 100 Å². The maximum atomic E-state index is 5.25. The molecule has 0 amide bonds. The Kier molecular flexibility index (Phi) is 2.88. The first-order valence-corrected chi connectivity index (χ1v) is 5.38. The van der Waals surface area contributed by atoms with Crippen LogP contribution < -0.4 is 4.74 Å². The summed E-state index contributed by atoms with van der Waals surface area (Å²) in [4.78, 5) is 0. The zero-order chi connectivity index (χ0) is 10.8. The van der Waals surface area contributed by atoms with Crippen LogP contribution in [0.5, 0.6) is 5.75 Å². The first kappa shape index (κ1) is 10.4. The van der Waals surface area contributed by atoms with Gasteiger partial charge in [-0.05, 0) is 30.4 Å². The molecule has 1 aromatic carbocycles. The Morgan fingerprint density at radius 2 is 2.33 bits per heavy atom. The summed E-state index contributed by atoms with van der Waals surface area (Å²) >= 11 is 8.49.